The van der Waals surface area contributed by atoms with Crippen LogP contribution in [0, 0.1) is 40.4 Å². The van der Waals surface area contributed by atoms with Crippen molar-refractivity contribution < 1.29 is 14.3 Å². The van der Waals surface area contributed by atoms with Crippen LogP contribution in [-0.4, -0.2) is 48.8 Å². The monoisotopic (exact) mass is 431 g/mol. The van der Waals surface area contributed by atoms with Crippen LogP contribution in [0.2, 0.25) is 0 Å². The number of fused-ring (bicyclic) bond motifs is 5. The van der Waals surface area contributed by atoms with Gasteiger partial charge in [0.2, 0.25) is 0 Å². The zero-order valence-corrected chi connectivity index (χ0v) is 20.6. The summed E-state index contributed by atoms with van der Waals surface area (Å²) in [5, 5.41) is 0. The van der Waals surface area contributed by atoms with E-state index < -0.39 is 0 Å². The molecule has 4 rings (SSSR count). The average Bonchev–Trinajstić information content (AvgIpc) is 3.07. The van der Waals surface area contributed by atoms with E-state index in [1.54, 1.807) is 6.92 Å². The van der Waals surface area contributed by atoms with Crippen molar-refractivity contribution in [2.75, 3.05) is 26.2 Å². The van der Waals surface area contributed by atoms with Crippen molar-refractivity contribution in [3.63, 3.8) is 0 Å². The lowest BCUT2D eigenvalue weighted by atomic mass is 9.44. The Morgan fingerprint density at radius 2 is 1.81 bits per heavy atom. The van der Waals surface area contributed by atoms with Gasteiger partial charge in [0.15, 0.2) is 0 Å². The van der Waals surface area contributed by atoms with Crippen molar-refractivity contribution in [1.82, 2.24) is 4.90 Å². The van der Waals surface area contributed by atoms with Gasteiger partial charge in [0.1, 0.15) is 11.6 Å². The molecular formula is C27H45NO3. The maximum absolute atomic E-state index is 13.7. The van der Waals surface area contributed by atoms with E-state index in [2.05, 4.69) is 32.6 Å². The Kier molecular flexibility index (Phi) is 6.72. The molecule has 31 heavy (non-hydrogen) atoms. The first kappa shape index (κ1) is 23.4. The summed E-state index contributed by atoms with van der Waals surface area (Å²) in [4.78, 5) is 28.4. The summed E-state index contributed by atoms with van der Waals surface area (Å²) >= 11 is 0. The third kappa shape index (κ3) is 3.94. The lowest BCUT2D eigenvalue weighted by Crippen LogP contribution is -2.58. The van der Waals surface area contributed by atoms with Crippen molar-refractivity contribution in [3.8, 4) is 0 Å². The molecule has 4 fully saturated rings. The minimum absolute atomic E-state index is 0.0853. The Labute approximate surface area is 189 Å². The molecule has 0 heterocycles. The molecule has 8 atom stereocenters. The van der Waals surface area contributed by atoms with Crippen LogP contribution in [0.3, 0.4) is 0 Å². The first-order valence-electron chi connectivity index (χ1n) is 13.1. The quantitative estimate of drug-likeness (QED) is 0.560. The molecule has 0 amide bonds. The summed E-state index contributed by atoms with van der Waals surface area (Å²) in [5.41, 5.74) is 0.0480. The third-order valence-electron chi connectivity index (χ3n) is 10.4. The molecule has 8 unspecified atom stereocenters. The topological polar surface area (TPSA) is 46.6 Å². The van der Waals surface area contributed by atoms with Crippen LogP contribution in [0.5, 0.6) is 0 Å². The highest BCUT2D eigenvalue weighted by Gasteiger charge is 2.63. The van der Waals surface area contributed by atoms with E-state index in [1.165, 1.54) is 12.8 Å². The van der Waals surface area contributed by atoms with Gasteiger partial charge < -0.3 is 9.64 Å². The van der Waals surface area contributed by atoms with Crippen molar-refractivity contribution in [2.45, 2.75) is 92.1 Å². The molecule has 0 aromatic heterocycles. The summed E-state index contributed by atoms with van der Waals surface area (Å²) in [6.45, 7) is 14.9. The molecule has 0 aliphatic heterocycles. The standard InChI is InChI=1S/C27H45NO3/c1-6-28(7-2)14-15-31-20-12-13-26(4)19(16-20)8-9-21-23-11-10-22(18(3)29)27(23,5)17-24(30)25(21)26/h19-23,25H,6-17H2,1-5H3. The second-order valence-corrected chi connectivity index (χ2v) is 11.7. The van der Waals surface area contributed by atoms with E-state index in [4.69, 9.17) is 4.74 Å². The smallest absolute Gasteiger partial charge is 0.137 e. The molecule has 176 valence electrons. The zero-order chi connectivity index (χ0) is 22.4. The maximum Gasteiger partial charge on any atom is 0.137 e. The van der Waals surface area contributed by atoms with Gasteiger partial charge in [-0.3, -0.25) is 9.59 Å². The predicted molar refractivity (Wildman–Crippen MR) is 124 cm³/mol. The Hall–Kier alpha value is -0.740. The van der Waals surface area contributed by atoms with Gasteiger partial charge >= 0.3 is 0 Å². The fourth-order valence-electron chi connectivity index (χ4n) is 8.74. The van der Waals surface area contributed by atoms with Crippen molar-refractivity contribution in [3.05, 3.63) is 0 Å². The molecule has 0 spiro atoms. The summed E-state index contributed by atoms with van der Waals surface area (Å²) in [5.74, 6) is 2.76. The molecule has 0 aromatic carbocycles. The normalized spacial score (nSPS) is 44.6. The Morgan fingerprint density at radius 1 is 1.06 bits per heavy atom. The highest BCUT2D eigenvalue weighted by Crippen LogP contribution is 2.66. The first-order valence-corrected chi connectivity index (χ1v) is 13.1. The second kappa shape index (κ2) is 8.89. The number of ether oxygens (including phenoxy) is 1. The van der Waals surface area contributed by atoms with Gasteiger partial charge in [-0.05, 0) is 93.5 Å². The number of carbonyl (C=O) groups excluding carboxylic acids is 2. The molecule has 4 nitrogen and oxygen atoms in total. The summed E-state index contributed by atoms with van der Waals surface area (Å²) in [6, 6.07) is 0. The molecule has 4 aliphatic carbocycles. The van der Waals surface area contributed by atoms with Crippen molar-refractivity contribution in [1.29, 1.82) is 0 Å². The molecule has 0 saturated heterocycles. The minimum Gasteiger partial charge on any atom is -0.377 e. The number of hydrogen-bond donors (Lipinski definition) is 0. The average molecular weight is 432 g/mol. The number of rotatable bonds is 7. The Bertz CT molecular complexity index is 688. The number of ketones is 2. The van der Waals surface area contributed by atoms with Crippen LogP contribution in [0.4, 0.5) is 0 Å². The molecule has 0 N–H and O–H groups in total. The highest BCUT2D eigenvalue weighted by molar-refractivity contribution is 5.87. The van der Waals surface area contributed by atoms with Gasteiger partial charge in [-0.1, -0.05) is 27.7 Å². The second-order valence-electron chi connectivity index (χ2n) is 11.7. The van der Waals surface area contributed by atoms with E-state index in [1.807, 2.05) is 0 Å². The van der Waals surface area contributed by atoms with Crippen LogP contribution in [0.1, 0.15) is 86.0 Å². The largest absolute Gasteiger partial charge is 0.377 e. The number of likely N-dealkylation sites (N-methyl/N-ethyl adjacent to an activating group) is 1. The summed E-state index contributed by atoms with van der Waals surface area (Å²) in [7, 11) is 0. The van der Waals surface area contributed by atoms with E-state index in [0.717, 1.165) is 58.3 Å². The van der Waals surface area contributed by atoms with Gasteiger partial charge in [-0.15, -0.1) is 0 Å². The van der Waals surface area contributed by atoms with Crippen LogP contribution in [0.15, 0.2) is 0 Å². The summed E-state index contributed by atoms with van der Waals surface area (Å²) < 4.78 is 6.34. The fourth-order valence-corrected chi connectivity index (χ4v) is 8.74. The third-order valence-corrected chi connectivity index (χ3v) is 10.4. The Morgan fingerprint density at radius 3 is 2.48 bits per heavy atom. The van der Waals surface area contributed by atoms with Crippen LogP contribution < -0.4 is 0 Å². The van der Waals surface area contributed by atoms with Gasteiger partial charge in [-0.2, -0.15) is 0 Å². The maximum atomic E-state index is 13.7. The van der Waals surface area contributed by atoms with Crippen LogP contribution in [0.25, 0.3) is 0 Å². The van der Waals surface area contributed by atoms with E-state index >= 15 is 0 Å². The van der Waals surface area contributed by atoms with Crippen LogP contribution >= 0.6 is 0 Å². The number of Topliss-reactive ketones (excluding diaryl/α,β-unsaturated/α-hetero) is 2. The van der Waals surface area contributed by atoms with E-state index in [-0.39, 0.29) is 22.7 Å². The van der Waals surface area contributed by atoms with Gasteiger partial charge in [0, 0.05) is 24.8 Å². The Balaban J connectivity index is 1.44. The summed E-state index contributed by atoms with van der Waals surface area (Å²) in [6.07, 6.45) is 8.90. The zero-order valence-electron chi connectivity index (χ0n) is 20.6. The molecule has 0 bridgehead atoms. The van der Waals surface area contributed by atoms with Crippen LogP contribution in [-0.2, 0) is 14.3 Å². The first-order chi connectivity index (χ1) is 14.7. The molecule has 4 aliphatic rings. The van der Waals surface area contributed by atoms with E-state index in [0.29, 0.717) is 41.8 Å². The minimum atomic E-state index is -0.0853. The lowest BCUT2D eigenvalue weighted by molar-refractivity contribution is -0.164. The number of hydrogen-bond acceptors (Lipinski definition) is 4. The molecule has 4 heteroatoms. The van der Waals surface area contributed by atoms with Crippen molar-refractivity contribution >= 4 is 11.6 Å². The molecule has 0 radical (unpaired) electrons. The number of carbonyl (C=O) groups is 2. The lowest BCUT2D eigenvalue weighted by Gasteiger charge is -2.60. The molecular weight excluding hydrogens is 386 g/mol. The predicted octanol–water partition coefficient (Wildman–Crippen LogP) is 5.14. The molecule has 0 aromatic rings. The van der Waals surface area contributed by atoms with Gasteiger partial charge in [-0.25, -0.2) is 0 Å². The van der Waals surface area contributed by atoms with Gasteiger partial charge in [0.25, 0.3) is 0 Å². The van der Waals surface area contributed by atoms with Crippen molar-refractivity contribution in [2.24, 2.45) is 40.4 Å². The van der Waals surface area contributed by atoms with Gasteiger partial charge in [0.05, 0.1) is 12.7 Å². The SMILES string of the molecule is CCN(CC)CCOC1CCC2(C)C(CCC3C4CCC(C(C)=O)C4(C)CC(=O)C32)C1. The van der Waals surface area contributed by atoms with E-state index in [9.17, 15) is 9.59 Å². The number of nitrogens with zero attached hydrogens (tertiary/aromatic N) is 1. The highest BCUT2D eigenvalue weighted by atomic mass is 16.5. The fraction of sp³-hybridized carbons (Fsp3) is 0.926. The molecule has 4 saturated carbocycles.